The number of carbonyl (C=O) groups excluding carboxylic acids is 1. The molecule has 0 radical (unpaired) electrons. The van der Waals surface area contributed by atoms with Crippen LogP contribution in [0.5, 0.6) is 0 Å². The van der Waals surface area contributed by atoms with Gasteiger partial charge in [-0.1, -0.05) is 30.3 Å². The summed E-state index contributed by atoms with van der Waals surface area (Å²) in [5.74, 6) is -0.103. The molecule has 0 aliphatic rings. The number of hydrogen-bond acceptors (Lipinski definition) is 3. The number of rotatable bonds is 5. The van der Waals surface area contributed by atoms with E-state index in [1.807, 2.05) is 59.4 Å². The molecule has 1 amide bonds. The number of nitrogens with one attached hydrogen (secondary N) is 1. The van der Waals surface area contributed by atoms with Gasteiger partial charge in [-0.3, -0.25) is 14.5 Å². The Morgan fingerprint density at radius 1 is 1.12 bits per heavy atom. The fourth-order valence-corrected chi connectivity index (χ4v) is 2.45. The molecule has 1 aromatic carbocycles. The van der Waals surface area contributed by atoms with Gasteiger partial charge in [0, 0.05) is 24.0 Å². The molecule has 5 nitrogen and oxygen atoms in total. The smallest absolute Gasteiger partial charge is 0.230 e. The number of hydrogen-bond donors (Lipinski definition) is 1. The van der Waals surface area contributed by atoms with E-state index >= 15 is 0 Å². The van der Waals surface area contributed by atoms with Gasteiger partial charge in [0.25, 0.3) is 0 Å². The topological polar surface area (TPSA) is 59.8 Å². The molecule has 3 rings (SSSR count). The van der Waals surface area contributed by atoms with Gasteiger partial charge in [-0.25, -0.2) is 0 Å². The molecule has 0 atom stereocenters. The predicted molar refractivity (Wildman–Crippen MR) is 94.6 cm³/mol. The van der Waals surface area contributed by atoms with E-state index in [0.717, 1.165) is 17.0 Å². The molecule has 0 bridgehead atoms. The number of pyridine rings is 1. The van der Waals surface area contributed by atoms with E-state index in [0.29, 0.717) is 5.69 Å². The highest BCUT2D eigenvalue weighted by Crippen LogP contribution is 2.25. The van der Waals surface area contributed by atoms with Crippen LogP contribution < -0.4 is 5.32 Å². The first kappa shape index (κ1) is 15.9. The lowest BCUT2D eigenvalue weighted by Crippen LogP contribution is -2.16. The fraction of sp³-hybridized carbons (Fsp3) is 0.211. The Morgan fingerprint density at radius 2 is 1.92 bits per heavy atom. The number of carbonyl (C=O) groups is 1. The second kappa shape index (κ2) is 7.08. The van der Waals surface area contributed by atoms with Crippen molar-refractivity contribution in [2.24, 2.45) is 0 Å². The summed E-state index contributed by atoms with van der Waals surface area (Å²) in [4.78, 5) is 16.8. The molecule has 0 fully saturated rings. The Labute approximate surface area is 141 Å². The van der Waals surface area contributed by atoms with Crippen molar-refractivity contribution >= 4 is 11.6 Å². The van der Waals surface area contributed by atoms with E-state index in [-0.39, 0.29) is 18.4 Å². The molecular formula is C19H20N4O. The Kier molecular flexibility index (Phi) is 4.70. The molecule has 5 heteroatoms. The van der Waals surface area contributed by atoms with Crippen molar-refractivity contribution in [3.8, 4) is 11.3 Å². The van der Waals surface area contributed by atoms with Crippen LogP contribution in [0.4, 0.5) is 5.69 Å². The first-order valence-electron chi connectivity index (χ1n) is 7.98. The summed E-state index contributed by atoms with van der Waals surface area (Å²) >= 11 is 0. The van der Waals surface area contributed by atoms with Gasteiger partial charge >= 0.3 is 0 Å². The molecule has 0 aliphatic heterocycles. The molecule has 0 spiro atoms. The predicted octanol–water partition coefficient (Wildman–Crippen LogP) is 3.71. The number of anilines is 1. The molecule has 0 aliphatic carbocycles. The normalized spacial score (nSPS) is 10.8. The van der Waals surface area contributed by atoms with Crippen molar-refractivity contribution in [2.75, 3.05) is 5.32 Å². The first-order chi connectivity index (χ1) is 11.6. The van der Waals surface area contributed by atoms with Gasteiger partial charge < -0.3 is 5.32 Å². The quantitative estimate of drug-likeness (QED) is 0.779. The minimum atomic E-state index is -0.103. The standard InChI is InChI=1S/C19H20N4O/c1-14(2)23-12-10-16(22-23)13-18(24)21-17-9-6-11-20-19(17)15-7-4-3-5-8-15/h3-12,14H,13H2,1-2H3,(H,21,24). The number of benzene rings is 1. The van der Waals surface area contributed by atoms with Crippen LogP contribution in [0.3, 0.4) is 0 Å². The van der Waals surface area contributed by atoms with Crippen LogP contribution in [-0.2, 0) is 11.2 Å². The molecule has 24 heavy (non-hydrogen) atoms. The van der Waals surface area contributed by atoms with Gasteiger partial charge in [0.2, 0.25) is 5.91 Å². The van der Waals surface area contributed by atoms with Crippen LogP contribution >= 0.6 is 0 Å². The Bertz CT molecular complexity index is 824. The molecule has 0 saturated heterocycles. The zero-order valence-corrected chi connectivity index (χ0v) is 13.8. The van der Waals surface area contributed by atoms with Gasteiger partial charge in [-0.05, 0) is 32.0 Å². The second-order valence-electron chi connectivity index (χ2n) is 5.87. The summed E-state index contributed by atoms with van der Waals surface area (Å²) in [5, 5.41) is 7.36. The summed E-state index contributed by atoms with van der Waals surface area (Å²) in [6.45, 7) is 4.11. The van der Waals surface area contributed by atoms with Gasteiger partial charge in [0.05, 0.1) is 23.5 Å². The lowest BCUT2D eigenvalue weighted by atomic mass is 10.1. The maximum atomic E-state index is 12.4. The van der Waals surface area contributed by atoms with Crippen LogP contribution in [-0.4, -0.2) is 20.7 Å². The van der Waals surface area contributed by atoms with Crippen molar-refractivity contribution in [1.29, 1.82) is 0 Å². The summed E-state index contributed by atoms with van der Waals surface area (Å²) in [7, 11) is 0. The van der Waals surface area contributed by atoms with E-state index < -0.39 is 0 Å². The third-order valence-corrected chi connectivity index (χ3v) is 3.66. The molecular weight excluding hydrogens is 300 g/mol. The van der Waals surface area contributed by atoms with Gasteiger partial charge in [-0.15, -0.1) is 0 Å². The fourth-order valence-electron chi connectivity index (χ4n) is 2.45. The molecule has 2 aromatic heterocycles. The average Bonchev–Trinajstić information content (AvgIpc) is 3.05. The first-order valence-corrected chi connectivity index (χ1v) is 7.98. The largest absolute Gasteiger partial charge is 0.324 e. The molecule has 1 N–H and O–H groups in total. The third kappa shape index (κ3) is 3.68. The Balaban J connectivity index is 1.75. The van der Waals surface area contributed by atoms with E-state index in [1.54, 1.807) is 6.20 Å². The van der Waals surface area contributed by atoms with Crippen LogP contribution in [0.15, 0.2) is 60.9 Å². The molecule has 0 unspecified atom stereocenters. The van der Waals surface area contributed by atoms with Crippen molar-refractivity contribution in [2.45, 2.75) is 26.3 Å². The second-order valence-corrected chi connectivity index (χ2v) is 5.87. The highest BCUT2D eigenvalue weighted by atomic mass is 16.1. The van der Waals surface area contributed by atoms with Crippen molar-refractivity contribution in [1.82, 2.24) is 14.8 Å². The SMILES string of the molecule is CC(C)n1ccc(CC(=O)Nc2cccnc2-c2ccccc2)n1. The Morgan fingerprint density at radius 3 is 2.62 bits per heavy atom. The third-order valence-electron chi connectivity index (χ3n) is 3.66. The lowest BCUT2D eigenvalue weighted by Gasteiger charge is -2.10. The summed E-state index contributed by atoms with van der Waals surface area (Å²) in [5.41, 5.74) is 3.19. The van der Waals surface area contributed by atoms with Crippen molar-refractivity contribution < 1.29 is 4.79 Å². The van der Waals surface area contributed by atoms with Crippen LogP contribution in [0.2, 0.25) is 0 Å². The molecule has 2 heterocycles. The minimum absolute atomic E-state index is 0.103. The average molecular weight is 320 g/mol. The molecule has 3 aromatic rings. The minimum Gasteiger partial charge on any atom is -0.324 e. The highest BCUT2D eigenvalue weighted by molar-refractivity contribution is 5.95. The van der Waals surface area contributed by atoms with Crippen LogP contribution in [0.25, 0.3) is 11.3 Å². The maximum absolute atomic E-state index is 12.4. The van der Waals surface area contributed by atoms with Crippen LogP contribution in [0, 0.1) is 0 Å². The monoisotopic (exact) mass is 320 g/mol. The summed E-state index contributed by atoms with van der Waals surface area (Å²) in [6.07, 6.45) is 3.86. The van der Waals surface area contributed by atoms with E-state index in [4.69, 9.17) is 0 Å². The molecule has 122 valence electrons. The van der Waals surface area contributed by atoms with Crippen molar-refractivity contribution in [3.63, 3.8) is 0 Å². The van der Waals surface area contributed by atoms with E-state index in [1.165, 1.54) is 0 Å². The van der Waals surface area contributed by atoms with Crippen LogP contribution in [0.1, 0.15) is 25.6 Å². The van der Waals surface area contributed by atoms with Crippen molar-refractivity contribution in [3.05, 3.63) is 66.6 Å². The van der Waals surface area contributed by atoms with Gasteiger partial charge in [-0.2, -0.15) is 5.10 Å². The summed E-state index contributed by atoms with van der Waals surface area (Å²) < 4.78 is 1.85. The maximum Gasteiger partial charge on any atom is 0.230 e. The molecule has 0 saturated carbocycles. The number of aromatic nitrogens is 3. The van der Waals surface area contributed by atoms with Gasteiger partial charge in [0.1, 0.15) is 0 Å². The highest BCUT2D eigenvalue weighted by Gasteiger charge is 2.11. The summed E-state index contributed by atoms with van der Waals surface area (Å²) in [6, 6.07) is 15.6. The Hall–Kier alpha value is -2.95. The van der Waals surface area contributed by atoms with Gasteiger partial charge in [0.15, 0.2) is 0 Å². The number of nitrogens with zero attached hydrogens (tertiary/aromatic N) is 3. The van der Waals surface area contributed by atoms with E-state index in [2.05, 4.69) is 29.2 Å². The van der Waals surface area contributed by atoms with E-state index in [9.17, 15) is 4.79 Å². The zero-order valence-electron chi connectivity index (χ0n) is 13.8. The lowest BCUT2D eigenvalue weighted by molar-refractivity contribution is -0.115. The zero-order chi connectivity index (χ0) is 16.9. The number of amides is 1.